The topological polar surface area (TPSA) is 73.2 Å². The van der Waals surface area contributed by atoms with Gasteiger partial charge in [-0.15, -0.1) is 0 Å². The van der Waals surface area contributed by atoms with Gasteiger partial charge in [0.05, 0.1) is 12.0 Å². The van der Waals surface area contributed by atoms with Crippen LogP contribution in [0.3, 0.4) is 0 Å². The summed E-state index contributed by atoms with van der Waals surface area (Å²) in [5.74, 6) is -0.279. The zero-order chi connectivity index (χ0) is 26.5. The van der Waals surface area contributed by atoms with E-state index in [0.717, 1.165) is 43.5 Å². The van der Waals surface area contributed by atoms with Crippen LogP contribution in [0.2, 0.25) is 0 Å². The van der Waals surface area contributed by atoms with Crippen LogP contribution in [0.15, 0.2) is 72.3 Å². The molecule has 38 heavy (non-hydrogen) atoms. The molecule has 202 valence electrons. The predicted octanol–water partition coefficient (Wildman–Crippen LogP) is 3.78. The maximum Gasteiger partial charge on any atom is 0.311 e. The predicted molar refractivity (Wildman–Crippen MR) is 146 cm³/mol. The van der Waals surface area contributed by atoms with Crippen LogP contribution in [0.5, 0.6) is 0 Å². The SMILES string of the molecule is C[C@H]1CCC=C2C[C@H]3OC(=O)[C@H](CN4CCN(C(O)(c5ccccc5)c5ccccc5)CC4)[C@@H]3[C@@H](O)[C@@]21C. The van der Waals surface area contributed by atoms with Gasteiger partial charge in [0.15, 0.2) is 5.72 Å². The molecule has 2 aromatic rings. The van der Waals surface area contributed by atoms with Crippen molar-refractivity contribution < 1.29 is 19.7 Å². The summed E-state index contributed by atoms with van der Waals surface area (Å²) in [6.45, 7) is 7.82. The summed E-state index contributed by atoms with van der Waals surface area (Å²) >= 11 is 0. The number of esters is 1. The zero-order valence-electron chi connectivity index (χ0n) is 22.5. The molecule has 0 amide bonds. The van der Waals surface area contributed by atoms with Crippen molar-refractivity contribution in [3.63, 3.8) is 0 Å². The van der Waals surface area contributed by atoms with E-state index in [1.807, 2.05) is 60.7 Å². The Morgan fingerprint density at radius 1 is 1.00 bits per heavy atom. The Morgan fingerprint density at radius 2 is 1.61 bits per heavy atom. The smallest absolute Gasteiger partial charge is 0.311 e. The van der Waals surface area contributed by atoms with Crippen molar-refractivity contribution in [1.29, 1.82) is 0 Å². The van der Waals surface area contributed by atoms with Gasteiger partial charge in [0.2, 0.25) is 0 Å². The molecule has 2 aliphatic carbocycles. The van der Waals surface area contributed by atoms with E-state index in [0.29, 0.717) is 25.6 Å². The van der Waals surface area contributed by atoms with E-state index in [-0.39, 0.29) is 29.3 Å². The minimum Gasteiger partial charge on any atom is -0.461 e. The summed E-state index contributed by atoms with van der Waals surface area (Å²) in [5.41, 5.74) is 1.47. The lowest BCUT2D eigenvalue weighted by molar-refractivity contribution is -0.145. The molecule has 0 unspecified atom stereocenters. The minimum atomic E-state index is -1.22. The number of carbonyl (C=O) groups is 1. The Labute approximate surface area is 225 Å². The van der Waals surface area contributed by atoms with E-state index in [4.69, 9.17) is 4.74 Å². The number of fused-ring (bicyclic) bond motifs is 2. The molecule has 0 bridgehead atoms. The first-order valence-corrected chi connectivity index (χ1v) is 14.2. The van der Waals surface area contributed by atoms with Crippen molar-refractivity contribution in [2.45, 2.75) is 51.0 Å². The number of benzene rings is 2. The summed E-state index contributed by atoms with van der Waals surface area (Å²) in [5, 5.41) is 23.8. The molecular formula is C32H40N2O4. The van der Waals surface area contributed by atoms with Crippen molar-refractivity contribution in [3.05, 3.63) is 83.4 Å². The molecule has 2 heterocycles. The molecule has 3 fully saturated rings. The molecule has 6 heteroatoms. The number of rotatable bonds is 5. The van der Waals surface area contributed by atoms with Gasteiger partial charge in [0, 0.05) is 61.6 Å². The molecule has 2 saturated heterocycles. The number of nitrogens with zero attached hydrogens (tertiary/aromatic N) is 2. The second-order valence-corrected chi connectivity index (χ2v) is 12.0. The monoisotopic (exact) mass is 516 g/mol. The lowest BCUT2D eigenvalue weighted by Crippen LogP contribution is -2.58. The number of carbonyl (C=O) groups excluding carboxylic acids is 1. The molecule has 0 radical (unpaired) electrons. The zero-order valence-corrected chi connectivity index (χ0v) is 22.5. The molecule has 4 aliphatic rings. The van der Waals surface area contributed by atoms with Crippen molar-refractivity contribution >= 4 is 5.97 Å². The van der Waals surface area contributed by atoms with Crippen LogP contribution in [0.4, 0.5) is 0 Å². The molecule has 0 spiro atoms. The third-order valence-electron chi connectivity index (χ3n) is 10.2. The summed E-state index contributed by atoms with van der Waals surface area (Å²) in [4.78, 5) is 17.6. The summed E-state index contributed by atoms with van der Waals surface area (Å²) < 4.78 is 5.89. The van der Waals surface area contributed by atoms with Gasteiger partial charge >= 0.3 is 5.97 Å². The van der Waals surface area contributed by atoms with E-state index < -0.39 is 11.8 Å². The molecule has 6 nitrogen and oxygen atoms in total. The summed E-state index contributed by atoms with van der Waals surface area (Å²) in [6.07, 6.45) is 4.33. The number of hydrogen-bond donors (Lipinski definition) is 2. The van der Waals surface area contributed by atoms with Crippen LogP contribution in [0, 0.1) is 23.2 Å². The van der Waals surface area contributed by atoms with Gasteiger partial charge in [-0.25, -0.2) is 0 Å². The molecule has 2 aromatic carbocycles. The van der Waals surface area contributed by atoms with Crippen LogP contribution in [-0.2, 0) is 15.3 Å². The van der Waals surface area contributed by atoms with E-state index in [1.54, 1.807) is 0 Å². The van der Waals surface area contributed by atoms with Gasteiger partial charge in [-0.1, -0.05) is 86.2 Å². The Balaban J connectivity index is 1.18. The van der Waals surface area contributed by atoms with Gasteiger partial charge in [-0.05, 0) is 18.8 Å². The molecule has 2 aliphatic heterocycles. The largest absolute Gasteiger partial charge is 0.461 e. The van der Waals surface area contributed by atoms with E-state index in [1.165, 1.54) is 5.57 Å². The molecule has 6 rings (SSSR count). The van der Waals surface area contributed by atoms with E-state index >= 15 is 0 Å². The molecule has 2 N–H and O–H groups in total. The summed E-state index contributed by atoms with van der Waals surface area (Å²) in [6, 6.07) is 19.7. The lowest BCUT2D eigenvalue weighted by atomic mass is 9.55. The number of hydrogen-bond acceptors (Lipinski definition) is 6. The quantitative estimate of drug-likeness (QED) is 0.466. The van der Waals surface area contributed by atoms with Gasteiger partial charge in [-0.3, -0.25) is 14.6 Å². The average molecular weight is 517 g/mol. The summed E-state index contributed by atoms with van der Waals surface area (Å²) in [7, 11) is 0. The normalized spacial score (nSPS) is 34.3. The van der Waals surface area contributed by atoms with Crippen LogP contribution in [0.25, 0.3) is 0 Å². The van der Waals surface area contributed by atoms with Crippen molar-refractivity contribution in [2.75, 3.05) is 32.7 Å². The van der Waals surface area contributed by atoms with Gasteiger partial charge in [0.1, 0.15) is 6.10 Å². The molecule has 6 atom stereocenters. The average Bonchev–Trinajstić information content (AvgIpc) is 3.26. The van der Waals surface area contributed by atoms with Crippen LogP contribution in [0.1, 0.15) is 44.2 Å². The molecule has 0 aromatic heterocycles. The highest BCUT2D eigenvalue weighted by molar-refractivity contribution is 5.76. The fourth-order valence-electron chi connectivity index (χ4n) is 7.68. The van der Waals surface area contributed by atoms with Crippen LogP contribution < -0.4 is 0 Å². The van der Waals surface area contributed by atoms with Crippen molar-refractivity contribution in [3.8, 4) is 0 Å². The molecular weight excluding hydrogens is 476 g/mol. The number of aliphatic hydroxyl groups excluding tert-OH is 1. The van der Waals surface area contributed by atoms with Gasteiger partial charge < -0.3 is 14.9 Å². The van der Waals surface area contributed by atoms with E-state index in [9.17, 15) is 15.0 Å². The first-order chi connectivity index (χ1) is 18.3. The highest BCUT2D eigenvalue weighted by atomic mass is 16.6. The Hall–Kier alpha value is -2.51. The van der Waals surface area contributed by atoms with Crippen LogP contribution in [-0.4, -0.2) is 70.9 Å². The maximum atomic E-state index is 13.1. The first kappa shape index (κ1) is 25.8. The number of allylic oxidation sites excluding steroid dienone is 1. The fourth-order valence-corrected chi connectivity index (χ4v) is 7.68. The van der Waals surface area contributed by atoms with Gasteiger partial charge in [-0.2, -0.15) is 0 Å². The maximum absolute atomic E-state index is 13.1. The third-order valence-corrected chi connectivity index (χ3v) is 10.2. The van der Waals surface area contributed by atoms with Crippen molar-refractivity contribution in [1.82, 2.24) is 9.80 Å². The second-order valence-electron chi connectivity index (χ2n) is 12.0. The third kappa shape index (κ3) is 4.04. The van der Waals surface area contributed by atoms with Gasteiger partial charge in [0.25, 0.3) is 0 Å². The minimum absolute atomic E-state index is 0.165. The first-order valence-electron chi connectivity index (χ1n) is 14.2. The lowest BCUT2D eigenvalue weighted by Gasteiger charge is -2.52. The highest BCUT2D eigenvalue weighted by Crippen LogP contribution is 2.56. The second kappa shape index (κ2) is 9.91. The fraction of sp³-hybridized carbons (Fsp3) is 0.531. The van der Waals surface area contributed by atoms with E-state index in [2.05, 4.69) is 29.7 Å². The van der Waals surface area contributed by atoms with Crippen LogP contribution >= 0.6 is 0 Å². The highest BCUT2D eigenvalue weighted by Gasteiger charge is 2.60. The number of piperazine rings is 1. The standard InChI is InChI=1S/C32H40N2O4/c1-22-10-9-15-25-20-27-28(29(35)31(22,25)2)26(30(36)38-27)21-33-16-18-34(19-17-33)32(37,23-11-5-3-6-12-23)24-13-7-4-8-14-24/h3-8,11-15,22,26-29,35,37H,9-10,16-21H2,1-2H3/t22-,26+,27+,28-,29+,31+/m0/s1. The van der Waals surface area contributed by atoms with Crippen molar-refractivity contribution in [2.24, 2.45) is 23.2 Å². The Morgan fingerprint density at radius 3 is 2.21 bits per heavy atom. The number of ether oxygens (including phenoxy) is 1. The Bertz CT molecular complexity index is 1140. The Kier molecular flexibility index (Phi) is 6.71. The molecule has 1 saturated carbocycles. The number of aliphatic hydroxyl groups is 2.